The fraction of sp³-hybridized carbons (Fsp3) is 0. The van der Waals surface area contributed by atoms with Crippen molar-refractivity contribution < 1.29 is 17.2 Å². The van der Waals surface area contributed by atoms with Gasteiger partial charge in [0.1, 0.15) is 0 Å². The van der Waals surface area contributed by atoms with Crippen molar-refractivity contribution in [3.8, 4) is 0 Å². The Morgan fingerprint density at radius 3 is 2.61 bits per heavy atom. The van der Waals surface area contributed by atoms with E-state index in [0.717, 1.165) is 12.1 Å². The van der Waals surface area contributed by atoms with E-state index in [9.17, 15) is 17.2 Å². The first kappa shape index (κ1) is 12.6. The minimum atomic E-state index is -4.12. The Bertz CT molecular complexity index is 686. The number of nitrogens with two attached hydrogens (primary N) is 1. The van der Waals surface area contributed by atoms with E-state index in [0.29, 0.717) is 11.3 Å². The predicted molar refractivity (Wildman–Crippen MR) is 61.5 cm³/mol. The molecule has 0 saturated heterocycles. The number of hydrogen-bond acceptors (Lipinski definition) is 6. The molecule has 1 heterocycles. The summed E-state index contributed by atoms with van der Waals surface area (Å²) >= 11 is 0.613. The van der Waals surface area contributed by atoms with Crippen LogP contribution >= 0.6 is 11.3 Å². The number of anilines is 2. The number of sulfonamides is 1. The van der Waals surface area contributed by atoms with Crippen LogP contribution in [0.4, 0.5) is 19.6 Å². The maximum absolute atomic E-state index is 13.3. The third kappa shape index (κ3) is 2.38. The third-order valence-corrected chi connectivity index (χ3v) is 4.33. The summed E-state index contributed by atoms with van der Waals surface area (Å²) in [5.74, 6) is -2.45. The van der Waals surface area contributed by atoms with Gasteiger partial charge in [0.15, 0.2) is 11.6 Å². The molecular formula is C8H6F2N4O2S2. The van der Waals surface area contributed by atoms with Crippen molar-refractivity contribution in [1.82, 2.24) is 10.2 Å². The topological polar surface area (TPSA) is 98.0 Å². The first-order chi connectivity index (χ1) is 8.40. The van der Waals surface area contributed by atoms with Crippen molar-refractivity contribution >= 4 is 32.2 Å². The summed E-state index contributed by atoms with van der Waals surface area (Å²) in [5, 5.41) is 6.59. The monoisotopic (exact) mass is 292 g/mol. The Hall–Kier alpha value is -1.81. The van der Waals surface area contributed by atoms with Crippen LogP contribution in [0.3, 0.4) is 0 Å². The molecule has 0 atom stereocenters. The second-order valence-electron chi connectivity index (χ2n) is 3.11. The van der Waals surface area contributed by atoms with Crippen LogP contribution < -0.4 is 10.5 Å². The number of aromatic nitrogens is 2. The lowest BCUT2D eigenvalue weighted by Gasteiger charge is -2.06. The Morgan fingerprint density at radius 1 is 1.28 bits per heavy atom. The van der Waals surface area contributed by atoms with Gasteiger partial charge in [-0.1, -0.05) is 17.4 Å². The molecule has 3 N–H and O–H groups in total. The Balaban J connectivity index is 2.37. The molecule has 0 saturated carbocycles. The van der Waals surface area contributed by atoms with E-state index in [1.807, 2.05) is 4.72 Å². The zero-order chi connectivity index (χ0) is 13.3. The Labute approximate surface area is 105 Å². The first-order valence-corrected chi connectivity index (χ1v) is 6.76. The molecule has 0 unspecified atom stereocenters. The molecule has 0 spiro atoms. The van der Waals surface area contributed by atoms with Gasteiger partial charge in [-0.15, -0.1) is 10.2 Å². The van der Waals surface area contributed by atoms with Gasteiger partial charge in [-0.25, -0.2) is 8.78 Å². The highest BCUT2D eigenvalue weighted by molar-refractivity contribution is 7.94. The Kier molecular flexibility index (Phi) is 3.13. The normalized spacial score (nSPS) is 11.4. The molecule has 0 radical (unpaired) electrons. The zero-order valence-electron chi connectivity index (χ0n) is 8.59. The van der Waals surface area contributed by atoms with E-state index in [4.69, 9.17) is 5.73 Å². The molecule has 1 aromatic heterocycles. The van der Waals surface area contributed by atoms with E-state index in [-0.39, 0.29) is 5.13 Å². The molecule has 0 aliphatic rings. The van der Waals surface area contributed by atoms with Crippen molar-refractivity contribution in [3.63, 3.8) is 0 Å². The zero-order valence-corrected chi connectivity index (χ0v) is 10.2. The minimum Gasteiger partial charge on any atom is -0.374 e. The van der Waals surface area contributed by atoms with E-state index in [1.54, 1.807) is 0 Å². The van der Waals surface area contributed by atoms with Crippen LogP contribution in [0, 0.1) is 11.6 Å². The van der Waals surface area contributed by atoms with E-state index in [1.165, 1.54) is 6.07 Å². The molecule has 96 valence electrons. The van der Waals surface area contributed by atoms with Gasteiger partial charge in [0, 0.05) is 0 Å². The smallest absolute Gasteiger partial charge is 0.291 e. The highest BCUT2D eigenvalue weighted by atomic mass is 32.2. The van der Waals surface area contributed by atoms with Gasteiger partial charge >= 0.3 is 0 Å². The van der Waals surface area contributed by atoms with Crippen LogP contribution in [-0.4, -0.2) is 18.6 Å². The molecular weight excluding hydrogens is 286 g/mol. The summed E-state index contributed by atoms with van der Waals surface area (Å²) in [6.45, 7) is 0. The second-order valence-corrected chi connectivity index (χ2v) is 5.98. The van der Waals surface area contributed by atoms with Crippen molar-refractivity contribution in [1.29, 1.82) is 0 Å². The van der Waals surface area contributed by atoms with Crippen molar-refractivity contribution in [3.05, 3.63) is 29.8 Å². The van der Waals surface area contributed by atoms with Crippen molar-refractivity contribution in [2.45, 2.75) is 4.34 Å². The fourth-order valence-electron chi connectivity index (χ4n) is 1.10. The lowest BCUT2D eigenvalue weighted by molar-refractivity contribution is 0.511. The van der Waals surface area contributed by atoms with Crippen LogP contribution in [0.25, 0.3) is 0 Å². The number of benzene rings is 1. The van der Waals surface area contributed by atoms with Gasteiger partial charge in [-0.3, -0.25) is 4.72 Å². The van der Waals surface area contributed by atoms with Gasteiger partial charge in [-0.2, -0.15) is 8.42 Å². The third-order valence-electron chi connectivity index (χ3n) is 1.85. The van der Waals surface area contributed by atoms with Crippen LogP contribution in [-0.2, 0) is 10.0 Å². The van der Waals surface area contributed by atoms with Crippen LogP contribution in [0.1, 0.15) is 0 Å². The lowest BCUT2D eigenvalue weighted by Crippen LogP contribution is -2.14. The van der Waals surface area contributed by atoms with Gasteiger partial charge < -0.3 is 5.73 Å². The summed E-state index contributed by atoms with van der Waals surface area (Å²) in [4.78, 5) is 0. The number of halogens is 2. The van der Waals surface area contributed by atoms with Crippen LogP contribution in [0.2, 0.25) is 0 Å². The predicted octanol–water partition coefficient (Wildman–Crippen LogP) is 1.20. The average Bonchev–Trinajstić information content (AvgIpc) is 2.72. The summed E-state index contributed by atoms with van der Waals surface area (Å²) < 4.78 is 51.1. The van der Waals surface area contributed by atoms with E-state index < -0.39 is 31.7 Å². The maximum atomic E-state index is 13.3. The average molecular weight is 292 g/mol. The lowest BCUT2D eigenvalue weighted by atomic mass is 10.3. The molecule has 0 bridgehead atoms. The molecule has 0 fully saturated rings. The SMILES string of the molecule is Nc1nnc(S(=O)(=O)Nc2cccc(F)c2F)s1. The van der Waals surface area contributed by atoms with E-state index >= 15 is 0 Å². The second kappa shape index (κ2) is 4.46. The van der Waals surface area contributed by atoms with Gasteiger partial charge in [-0.05, 0) is 12.1 Å². The molecule has 1 aromatic carbocycles. The highest BCUT2D eigenvalue weighted by Gasteiger charge is 2.21. The fourth-order valence-corrected chi connectivity index (χ4v) is 2.94. The van der Waals surface area contributed by atoms with Crippen molar-refractivity contribution in [2.24, 2.45) is 0 Å². The number of nitrogens with zero attached hydrogens (tertiary/aromatic N) is 2. The van der Waals surface area contributed by atoms with Crippen molar-refractivity contribution in [2.75, 3.05) is 10.5 Å². The molecule has 0 aliphatic heterocycles. The number of nitrogens with one attached hydrogen (secondary N) is 1. The molecule has 0 aliphatic carbocycles. The number of hydrogen-bond donors (Lipinski definition) is 2. The van der Waals surface area contributed by atoms with Crippen LogP contribution in [0.5, 0.6) is 0 Å². The molecule has 10 heteroatoms. The molecule has 2 aromatic rings. The largest absolute Gasteiger partial charge is 0.374 e. The van der Waals surface area contributed by atoms with Gasteiger partial charge in [0.2, 0.25) is 5.13 Å². The summed E-state index contributed by atoms with van der Waals surface area (Å²) in [6, 6.07) is 3.13. The standard InChI is InChI=1S/C8H6F2N4O2S2/c9-4-2-1-3-5(6(4)10)14-18(15,16)8-13-12-7(11)17-8/h1-3,14H,(H2,11,12). The van der Waals surface area contributed by atoms with E-state index in [2.05, 4.69) is 10.2 Å². The molecule has 0 amide bonds. The van der Waals surface area contributed by atoms with Gasteiger partial charge in [0.05, 0.1) is 5.69 Å². The summed E-state index contributed by atoms with van der Waals surface area (Å²) in [6.07, 6.45) is 0. The first-order valence-electron chi connectivity index (χ1n) is 4.46. The molecule has 18 heavy (non-hydrogen) atoms. The quantitative estimate of drug-likeness (QED) is 0.885. The minimum absolute atomic E-state index is 0.0462. The molecule has 6 nitrogen and oxygen atoms in total. The highest BCUT2D eigenvalue weighted by Crippen LogP contribution is 2.23. The number of nitrogen functional groups attached to an aromatic ring is 1. The van der Waals surface area contributed by atoms with Gasteiger partial charge in [0.25, 0.3) is 14.4 Å². The Morgan fingerprint density at radius 2 is 2.00 bits per heavy atom. The summed E-state index contributed by atoms with van der Waals surface area (Å²) in [7, 11) is -4.12. The molecule has 2 rings (SSSR count). The number of rotatable bonds is 3. The maximum Gasteiger partial charge on any atom is 0.291 e. The summed E-state index contributed by atoms with van der Waals surface area (Å²) in [5.41, 5.74) is 4.73. The van der Waals surface area contributed by atoms with Crippen LogP contribution in [0.15, 0.2) is 22.5 Å².